The lowest BCUT2D eigenvalue weighted by Crippen LogP contribution is -2.29. The van der Waals surface area contributed by atoms with Gasteiger partial charge in [0.2, 0.25) is 0 Å². The highest BCUT2D eigenvalue weighted by Gasteiger charge is 2.10. The van der Waals surface area contributed by atoms with E-state index >= 15 is 0 Å². The van der Waals surface area contributed by atoms with Gasteiger partial charge in [0.25, 0.3) is 0 Å². The maximum absolute atomic E-state index is 8.98. The highest BCUT2D eigenvalue weighted by molar-refractivity contribution is 14.1. The van der Waals surface area contributed by atoms with E-state index in [0.717, 1.165) is 23.6 Å². The fourth-order valence-corrected chi connectivity index (χ4v) is 5.26. The number of allylic oxidation sites excluding steroid dienone is 4. The van der Waals surface area contributed by atoms with Crippen molar-refractivity contribution in [2.75, 3.05) is 0 Å². The van der Waals surface area contributed by atoms with Crippen LogP contribution in [0.3, 0.4) is 0 Å². The van der Waals surface area contributed by atoms with Gasteiger partial charge in [-0.2, -0.15) is 0 Å². The van der Waals surface area contributed by atoms with E-state index in [1.165, 1.54) is 28.3 Å². The molecular formula is C32H26BBr2IO2. The zero-order chi connectivity index (χ0) is 26.9. The van der Waals surface area contributed by atoms with Gasteiger partial charge in [-0.25, -0.2) is 0 Å². The van der Waals surface area contributed by atoms with E-state index in [0.29, 0.717) is 5.46 Å². The maximum atomic E-state index is 8.98. The Hall–Kier alpha value is -2.23. The maximum Gasteiger partial charge on any atom is 0.488 e. The molecule has 0 bridgehead atoms. The molecule has 1 unspecified atom stereocenters. The van der Waals surface area contributed by atoms with E-state index in [4.69, 9.17) is 10.0 Å². The Labute approximate surface area is 254 Å². The summed E-state index contributed by atoms with van der Waals surface area (Å²) in [6, 6.07) is 34.6. The molecule has 0 saturated heterocycles. The number of fused-ring (bicyclic) bond motifs is 2. The highest BCUT2D eigenvalue weighted by Crippen LogP contribution is 2.26. The Balaban J connectivity index is 0.000000144. The van der Waals surface area contributed by atoms with Crippen molar-refractivity contribution in [1.82, 2.24) is 0 Å². The Bertz CT molecular complexity index is 1570. The van der Waals surface area contributed by atoms with Crippen LogP contribution in [0.1, 0.15) is 6.42 Å². The third-order valence-electron chi connectivity index (χ3n) is 5.96. The van der Waals surface area contributed by atoms with Gasteiger partial charge in [-0.05, 0) is 74.9 Å². The van der Waals surface area contributed by atoms with Crippen LogP contribution in [-0.2, 0) is 0 Å². The van der Waals surface area contributed by atoms with Crippen molar-refractivity contribution in [3.8, 4) is 11.1 Å². The number of hydrogen-bond donors (Lipinski definition) is 2. The van der Waals surface area contributed by atoms with Crippen LogP contribution in [0.4, 0.5) is 0 Å². The van der Waals surface area contributed by atoms with Crippen molar-refractivity contribution < 1.29 is 10.0 Å². The molecule has 1 aliphatic rings. The minimum atomic E-state index is -1.40. The predicted octanol–water partition coefficient (Wildman–Crippen LogP) is 8.86. The molecule has 1 atom stereocenters. The first-order valence-corrected chi connectivity index (χ1v) is 15.0. The van der Waals surface area contributed by atoms with Crippen LogP contribution in [0, 0.1) is 0 Å². The van der Waals surface area contributed by atoms with Gasteiger partial charge >= 0.3 is 7.12 Å². The summed E-state index contributed by atoms with van der Waals surface area (Å²) >= 11 is 9.30. The van der Waals surface area contributed by atoms with Crippen LogP contribution >= 0.6 is 54.5 Å². The molecule has 38 heavy (non-hydrogen) atoms. The lowest BCUT2D eigenvalue weighted by Gasteiger charge is -2.04. The normalized spacial score (nSPS) is 13.9. The van der Waals surface area contributed by atoms with Crippen LogP contribution in [0.25, 0.3) is 32.7 Å². The summed E-state index contributed by atoms with van der Waals surface area (Å²) in [4.78, 5) is 0. The second-order valence-electron chi connectivity index (χ2n) is 8.76. The quantitative estimate of drug-likeness (QED) is 0.108. The van der Waals surface area contributed by atoms with Gasteiger partial charge in [0.15, 0.2) is 0 Å². The lowest BCUT2D eigenvalue weighted by molar-refractivity contribution is 0.426. The van der Waals surface area contributed by atoms with Crippen LogP contribution < -0.4 is 5.46 Å². The number of alkyl halides is 1. The first kappa shape index (κ1) is 28.8. The fraction of sp³-hybridized carbons (Fsp3) is 0.0625. The molecule has 2 nitrogen and oxygen atoms in total. The SMILES string of the molecule is Brc1ccc2cc(-c3ccccc3)ccc2c1.IC1C=CC=CC1.OB(O)c1ccc2cc(Br)ccc2c1. The zero-order valence-electron chi connectivity index (χ0n) is 20.5. The number of hydrogen-bond acceptors (Lipinski definition) is 2. The Morgan fingerprint density at radius 1 is 0.632 bits per heavy atom. The van der Waals surface area contributed by atoms with Crippen molar-refractivity contribution in [2.45, 2.75) is 10.3 Å². The molecule has 0 radical (unpaired) electrons. The van der Waals surface area contributed by atoms with Gasteiger partial charge in [0.1, 0.15) is 0 Å². The smallest absolute Gasteiger partial charge is 0.423 e. The van der Waals surface area contributed by atoms with E-state index in [9.17, 15) is 0 Å². The Kier molecular flexibility index (Phi) is 10.8. The van der Waals surface area contributed by atoms with Gasteiger partial charge in [0.05, 0.1) is 0 Å². The Morgan fingerprint density at radius 2 is 1.21 bits per heavy atom. The van der Waals surface area contributed by atoms with Gasteiger partial charge in [-0.1, -0.05) is 152 Å². The summed E-state index contributed by atoms with van der Waals surface area (Å²) < 4.78 is 2.88. The molecule has 5 aromatic carbocycles. The molecule has 2 N–H and O–H groups in total. The second-order valence-corrected chi connectivity index (χ2v) is 12.2. The molecule has 6 rings (SSSR count). The standard InChI is InChI=1S/C16H11Br.C10H8BBrO2.C6H7I/c17-16-9-8-14-10-13(6-7-15(14)11-16)12-4-2-1-3-5-12;12-10-4-2-7-5-9(11(13)14)3-1-8(7)6-10;7-6-4-2-1-3-5-6/h1-11H;1-6,13-14H;1-4,6H,5H2. The predicted molar refractivity (Wildman–Crippen MR) is 179 cm³/mol. The number of halogens is 3. The van der Waals surface area contributed by atoms with Crippen LogP contribution in [0.15, 0.2) is 136 Å². The van der Waals surface area contributed by atoms with E-state index in [-0.39, 0.29) is 0 Å². The van der Waals surface area contributed by atoms with Crippen LogP contribution in [0.5, 0.6) is 0 Å². The van der Waals surface area contributed by atoms with Gasteiger partial charge in [0, 0.05) is 12.9 Å². The molecule has 0 aromatic heterocycles. The minimum Gasteiger partial charge on any atom is -0.423 e. The highest BCUT2D eigenvalue weighted by atomic mass is 127. The average molecular weight is 740 g/mol. The molecule has 0 amide bonds. The van der Waals surface area contributed by atoms with Gasteiger partial charge < -0.3 is 10.0 Å². The molecule has 6 heteroatoms. The van der Waals surface area contributed by atoms with Crippen molar-refractivity contribution in [3.63, 3.8) is 0 Å². The molecule has 0 saturated carbocycles. The van der Waals surface area contributed by atoms with E-state index in [1.54, 1.807) is 12.1 Å². The van der Waals surface area contributed by atoms with Crippen LogP contribution in [-0.4, -0.2) is 21.1 Å². The first-order chi connectivity index (χ1) is 18.4. The molecule has 0 fully saturated rings. The first-order valence-electron chi connectivity index (χ1n) is 12.2. The average Bonchev–Trinajstić information content (AvgIpc) is 2.94. The summed E-state index contributed by atoms with van der Waals surface area (Å²) in [5.74, 6) is 0. The largest absolute Gasteiger partial charge is 0.488 e. The lowest BCUT2D eigenvalue weighted by atomic mass is 9.79. The molecule has 0 heterocycles. The summed E-state index contributed by atoms with van der Waals surface area (Å²) in [6.07, 6.45) is 9.80. The fourth-order valence-electron chi connectivity index (χ4n) is 3.97. The summed E-state index contributed by atoms with van der Waals surface area (Å²) in [7, 11) is -1.40. The molecule has 1 aliphatic carbocycles. The second kappa shape index (κ2) is 14.2. The Morgan fingerprint density at radius 3 is 1.76 bits per heavy atom. The van der Waals surface area contributed by atoms with E-state index in [2.05, 4.69) is 139 Å². The molecular weight excluding hydrogens is 714 g/mol. The summed E-state index contributed by atoms with van der Waals surface area (Å²) in [5.41, 5.74) is 3.04. The minimum absolute atomic E-state index is 0.514. The molecule has 5 aromatic rings. The third kappa shape index (κ3) is 8.39. The van der Waals surface area contributed by atoms with Crippen molar-refractivity contribution >= 4 is 88.6 Å². The van der Waals surface area contributed by atoms with Crippen LogP contribution in [0.2, 0.25) is 0 Å². The summed E-state index contributed by atoms with van der Waals surface area (Å²) in [6.45, 7) is 0. The zero-order valence-corrected chi connectivity index (χ0v) is 25.8. The van der Waals surface area contributed by atoms with Crippen molar-refractivity contribution in [3.05, 3.63) is 136 Å². The van der Waals surface area contributed by atoms with Gasteiger partial charge in [-0.15, -0.1) is 0 Å². The monoisotopic (exact) mass is 738 g/mol. The molecule has 0 aliphatic heterocycles. The topological polar surface area (TPSA) is 40.5 Å². The van der Waals surface area contributed by atoms with Gasteiger partial charge in [-0.3, -0.25) is 0 Å². The summed E-state index contributed by atoms with van der Waals surface area (Å²) in [5, 5.41) is 22.6. The number of benzene rings is 5. The van der Waals surface area contributed by atoms with E-state index in [1.807, 2.05) is 30.3 Å². The third-order valence-corrected chi connectivity index (χ3v) is 7.87. The number of rotatable bonds is 2. The molecule has 0 spiro atoms. The molecule has 190 valence electrons. The van der Waals surface area contributed by atoms with Crippen molar-refractivity contribution in [1.29, 1.82) is 0 Å². The van der Waals surface area contributed by atoms with Crippen molar-refractivity contribution in [2.24, 2.45) is 0 Å². The van der Waals surface area contributed by atoms with E-state index < -0.39 is 7.12 Å².